The first kappa shape index (κ1) is 11.0. The van der Waals surface area contributed by atoms with Gasteiger partial charge in [-0.3, -0.25) is 0 Å². The van der Waals surface area contributed by atoms with E-state index >= 15 is 0 Å². The number of thioether (sulfide) groups is 1. The fourth-order valence-corrected chi connectivity index (χ4v) is 3.31. The molecule has 82 valence electrons. The Morgan fingerprint density at radius 1 is 1.20 bits per heavy atom. The Labute approximate surface area is 95.9 Å². The maximum atomic E-state index is 9.81. The molecule has 0 amide bonds. The molecule has 0 spiro atoms. The van der Waals surface area contributed by atoms with Crippen molar-refractivity contribution in [1.82, 2.24) is 0 Å². The van der Waals surface area contributed by atoms with E-state index in [1.165, 1.54) is 11.3 Å². The first-order valence-electron chi connectivity index (χ1n) is 5.65. The first-order valence-corrected chi connectivity index (χ1v) is 6.53. The molecule has 0 saturated heterocycles. The van der Waals surface area contributed by atoms with Crippen molar-refractivity contribution >= 4 is 11.8 Å². The molecule has 1 aliphatic carbocycles. The zero-order valence-corrected chi connectivity index (χ0v) is 9.91. The third kappa shape index (κ3) is 2.99. The summed E-state index contributed by atoms with van der Waals surface area (Å²) in [6.45, 7) is 2.15. The van der Waals surface area contributed by atoms with E-state index in [4.69, 9.17) is 0 Å². The Morgan fingerprint density at radius 2 is 1.93 bits per heavy atom. The van der Waals surface area contributed by atoms with Crippen LogP contribution >= 0.6 is 11.8 Å². The second-order valence-electron chi connectivity index (χ2n) is 4.41. The van der Waals surface area contributed by atoms with Crippen LogP contribution in [0.4, 0.5) is 0 Å². The van der Waals surface area contributed by atoms with E-state index in [1.54, 1.807) is 0 Å². The highest BCUT2D eigenvalue weighted by Crippen LogP contribution is 2.35. The van der Waals surface area contributed by atoms with E-state index in [1.807, 2.05) is 17.8 Å². The van der Waals surface area contributed by atoms with Gasteiger partial charge in [-0.2, -0.15) is 0 Å². The molecule has 0 aliphatic heterocycles. The molecule has 1 aromatic carbocycles. The van der Waals surface area contributed by atoms with E-state index in [9.17, 15) is 5.11 Å². The van der Waals surface area contributed by atoms with Gasteiger partial charge in [0, 0.05) is 10.1 Å². The van der Waals surface area contributed by atoms with E-state index in [0.717, 1.165) is 12.8 Å². The zero-order chi connectivity index (χ0) is 10.7. The molecule has 0 radical (unpaired) electrons. The molecule has 0 heterocycles. The summed E-state index contributed by atoms with van der Waals surface area (Å²) in [6, 6.07) is 10.5. The lowest BCUT2D eigenvalue weighted by molar-refractivity contribution is 0.0820. The predicted molar refractivity (Wildman–Crippen MR) is 65.1 cm³/mol. The number of aliphatic hydroxyl groups excluding tert-OH is 1. The van der Waals surface area contributed by atoms with Crippen molar-refractivity contribution in [3.8, 4) is 0 Å². The summed E-state index contributed by atoms with van der Waals surface area (Å²) < 4.78 is 0. The molecule has 1 N–H and O–H groups in total. The second-order valence-corrected chi connectivity index (χ2v) is 5.78. The van der Waals surface area contributed by atoms with E-state index < -0.39 is 0 Å². The molecule has 3 atom stereocenters. The van der Waals surface area contributed by atoms with Crippen LogP contribution in [0, 0.1) is 5.92 Å². The van der Waals surface area contributed by atoms with Gasteiger partial charge in [-0.1, -0.05) is 25.1 Å². The number of hydrogen-bond donors (Lipinski definition) is 1. The summed E-state index contributed by atoms with van der Waals surface area (Å²) in [5.41, 5.74) is 0. The lowest BCUT2D eigenvalue weighted by Gasteiger charge is -2.30. The van der Waals surface area contributed by atoms with Crippen LogP contribution in [0.2, 0.25) is 0 Å². The minimum absolute atomic E-state index is 0.0973. The number of hydrogen-bond acceptors (Lipinski definition) is 2. The molecule has 0 bridgehead atoms. The van der Waals surface area contributed by atoms with Gasteiger partial charge in [0.2, 0.25) is 0 Å². The van der Waals surface area contributed by atoms with Crippen molar-refractivity contribution in [2.75, 3.05) is 0 Å². The lowest BCUT2D eigenvalue weighted by Crippen LogP contribution is -2.28. The Bertz CT molecular complexity index is 299. The van der Waals surface area contributed by atoms with Crippen LogP contribution in [-0.4, -0.2) is 16.5 Å². The molecule has 1 nitrogen and oxygen atoms in total. The van der Waals surface area contributed by atoms with Crippen LogP contribution in [0.15, 0.2) is 35.2 Å². The molecule has 1 fully saturated rings. The van der Waals surface area contributed by atoms with E-state index in [2.05, 4.69) is 31.2 Å². The maximum Gasteiger partial charge on any atom is 0.0576 e. The topological polar surface area (TPSA) is 20.2 Å². The zero-order valence-electron chi connectivity index (χ0n) is 9.10. The fraction of sp³-hybridized carbons (Fsp3) is 0.538. The minimum atomic E-state index is -0.0973. The Balaban J connectivity index is 1.91. The summed E-state index contributed by atoms with van der Waals surface area (Å²) >= 11 is 1.91. The number of rotatable bonds is 2. The molecule has 2 heteroatoms. The maximum absolute atomic E-state index is 9.81. The van der Waals surface area contributed by atoms with Crippen molar-refractivity contribution in [2.45, 2.75) is 42.4 Å². The molecule has 1 aliphatic rings. The molecule has 1 aromatic rings. The lowest BCUT2D eigenvalue weighted by atomic mass is 9.88. The molecule has 15 heavy (non-hydrogen) atoms. The van der Waals surface area contributed by atoms with Gasteiger partial charge in [-0.05, 0) is 37.3 Å². The van der Waals surface area contributed by atoms with Crippen LogP contribution in [0.3, 0.4) is 0 Å². The molecule has 1 saturated carbocycles. The number of aliphatic hydroxyl groups is 1. The fourth-order valence-electron chi connectivity index (χ4n) is 2.06. The quantitative estimate of drug-likeness (QED) is 0.828. The monoisotopic (exact) mass is 222 g/mol. The average molecular weight is 222 g/mol. The largest absolute Gasteiger partial charge is 0.393 e. The molecular weight excluding hydrogens is 204 g/mol. The highest BCUT2D eigenvalue weighted by molar-refractivity contribution is 8.00. The van der Waals surface area contributed by atoms with Crippen molar-refractivity contribution in [3.05, 3.63) is 30.3 Å². The van der Waals surface area contributed by atoms with Crippen LogP contribution in [0.5, 0.6) is 0 Å². The third-order valence-corrected chi connectivity index (χ3v) is 4.46. The summed E-state index contributed by atoms with van der Waals surface area (Å²) in [5, 5.41) is 10.4. The van der Waals surface area contributed by atoms with Gasteiger partial charge in [0.15, 0.2) is 0 Å². The Morgan fingerprint density at radius 3 is 2.60 bits per heavy atom. The smallest absolute Gasteiger partial charge is 0.0576 e. The van der Waals surface area contributed by atoms with Crippen molar-refractivity contribution < 1.29 is 5.11 Å². The SMILES string of the molecule is C[C@@H]1CC[C@H](Sc2ccccc2)C[C@H]1O. The summed E-state index contributed by atoms with van der Waals surface area (Å²) in [6.07, 6.45) is 3.24. The van der Waals surface area contributed by atoms with Gasteiger partial charge in [-0.25, -0.2) is 0 Å². The van der Waals surface area contributed by atoms with E-state index in [0.29, 0.717) is 11.2 Å². The standard InChI is InChI=1S/C13H18OS/c1-10-7-8-12(9-13(10)14)15-11-5-3-2-4-6-11/h2-6,10,12-14H,7-9H2,1H3/t10-,12+,13-/m1/s1. The molecule has 0 unspecified atom stereocenters. The summed E-state index contributed by atoms with van der Waals surface area (Å²) in [7, 11) is 0. The van der Waals surface area contributed by atoms with Crippen molar-refractivity contribution in [1.29, 1.82) is 0 Å². The third-order valence-electron chi connectivity index (χ3n) is 3.15. The van der Waals surface area contributed by atoms with Crippen molar-refractivity contribution in [2.24, 2.45) is 5.92 Å². The van der Waals surface area contributed by atoms with Gasteiger partial charge in [0.05, 0.1) is 6.10 Å². The summed E-state index contributed by atoms with van der Waals surface area (Å²) in [5.74, 6) is 0.484. The Hall–Kier alpha value is -0.470. The summed E-state index contributed by atoms with van der Waals surface area (Å²) in [4.78, 5) is 1.32. The average Bonchev–Trinajstić information content (AvgIpc) is 2.25. The number of benzene rings is 1. The molecular formula is C13H18OS. The van der Waals surface area contributed by atoms with Crippen LogP contribution in [0.25, 0.3) is 0 Å². The van der Waals surface area contributed by atoms with Gasteiger partial charge in [0.25, 0.3) is 0 Å². The van der Waals surface area contributed by atoms with E-state index in [-0.39, 0.29) is 6.10 Å². The second kappa shape index (κ2) is 5.04. The van der Waals surface area contributed by atoms with Crippen LogP contribution in [0.1, 0.15) is 26.2 Å². The normalized spacial score (nSPS) is 31.5. The first-order chi connectivity index (χ1) is 7.25. The highest BCUT2D eigenvalue weighted by Gasteiger charge is 2.26. The highest BCUT2D eigenvalue weighted by atomic mass is 32.2. The van der Waals surface area contributed by atoms with Crippen molar-refractivity contribution in [3.63, 3.8) is 0 Å². The minimum Gasteiger partial charge on any atom is -0.393 e. The van der Waals surface area contributed by atoms with Gasteiger partial charge < -0.3 is 5.11 Å². The molecule has 0 aromatic heterocycles. The van der Waals surface area contributed by atoms with Crippen LogP contribution in [-0.2, 0) is 0 Å². The van der Waals surface area contributed by atoms with Crippen LogP contribution < -0.4 is 0 Å². The van der Waals surface area contributed by atoms with Gasteiger partial charge in [0.1, 0.15) is 0 Å². The Kier molecular flexibility index (Phi) is 3.71. The van der Waals surface area contributed by atoms with Gasteiger partial charge in [-0.15, -0.1) is 11.8 Å². The molecule has 2 rings (SSSR count). The van der Waals surface area contributed by atoms with Gasteiger partial charge >= 0.3 is 0 Å². The predicted octanol–water partition coefficient (Wildman–Crippen LogP) is 3.33.